The maximum atomic E-state index is 6.59. The molecule has 1 heterocycles. The third kappa shape index (κ3) is 3.18. The normalized spacial score (nSPS) is 16.6. The first kappa shape index (κ1) is 16.2. The Morgan fingerprint density at radius 2 is 1.95 bits per heavy atom. The molecular weight excluding hydrogens is 236 g/mol. The maximum Gasteiger partial charge on any atom is 0.127 e. The summed E-state index contributed by atoms with van der Waals surface area (Å²) in [5, 5.41) is 0. The molecule has 0 radical (unpaired) electrons. The van der Waals surface area contributed by atoms with E-state index in [-0.39, 0.29) is 11.6 Å². The van der Waals surface area contributed by atoms with Gasteiger partial charge in [-0.3, -0.25) is 4.90 Å². The van der Waals surface area contributed by atoms with Gasteiger partial charge in [0.15, 0.2) is 0 Å². The van der Waals surface area contributed by atoms with Gasteiger partial charge >= 0.3 is 0 Å². The van der Waals surface area contributed by atoms with Gasteiger partial charge < -0.3 is 10.3 Å². The van der Waals surface area contributed by atoms with E-state index in [1.807, 2.05) is 12.4 Å². The summed E-state index contributed by atoms with van der Waals surface area (Å²) >= 11 is 0. The van der Waals surface area contributed by atoms with Crippen LogP contribution >= 0.6 is 0 Å². The largest absolute Gasteiger partial charge is 0.334 e. The van der Waals surface area contributed by atoms with Crippen molar-refractivity contribution >= 4 is 0 Å². The SMILES string of the molecule is CCCn1ccnc1C(N)C(C)(CC)N(CC)CC. The van der Waals surface area contributed by atoms with Gasteiger partial charge in [0.2, 0.25) is 0 Å². The highest BCUT2D eigenvalue weighted by molar-refractivity contribution is 5.08. The number of aryl methyl sites for hydroxylation is 1. The summed E-state index contributed by atoms with van der Waals surface area (Å²) in [5.74, 6) is 1.01. The van der Waals surface area contributed by atoms with Crippen molar-refractivity contribution in [1.29, 1.82) is 0 Å². The highest BCUT2D eigenvalue weighted by Crippen LogP contribution is 2.31. The quantitative estimate of drug-likeness (QED) is 0.787. The first-order valence-corrected chi connectivity index (χ1v) is 7.56. The zero-order chi connectivity index (χ0) is 14.5. The number of rotatable bonds is 8. The van der Waals surface area contributed by atoms with Gasteiger partial charge in [-0.1, -0.05) is 27.7 Å². The van der Waals surface area contributed by atoms with Crippen LogP contribution in [0.1, 0.15) is 59.3 Å². The van der Waals surface area contributed by atoms with E-state index in [0.29, 0.717) is 0 Å². The van der Waals surface area contributed by atoms with Crippen LogP contribution in [-0.4, -0.2) is 33.1 Å². The van der Waals surface area contributed by atoms with E-state index in [1.54, 1.807) is 0 Å². The van der Waals surface area contributed by atoms with E-state index < -0.39 is 0 Å². The Balaban J connectivity index is 3.06. The number of nitrogens with zero attached hydrogens (tertiary/aromatic N) is 3. The molecule has 0 aromatic carbocycles. The van der Waals surface area contributed by atoms with Crippen LogP contribution in [0.2, 0.25) is 0 Å². The third-order valence-electron chi connectivity index (χ3n) is 4.36. The van der Waals surface area contributed by atoms with Crippen LogP contribution in [0.4, 0.5) is 0 Å². The van der Waals surface area contributed by atoms with Crippen molar-refractivity contribution in [1.82, 2.24) is 14.5 Å². The van der Waals surface area contributed by atoms with Gasteiger partial charge in [0.25, 0.3) is 0 Å². The lowest BCUT2D eigenvalue weighted by Gasteiger charge is -2.43. The minimum absolute atomic E-state index is 0.0413. The second-order valence-electron chi connectivity index (χ2n) is 5.34. The number of imidazole rings is 1. The zero-order valence-corrected chi connectivity index (χ0v) is 13.2. The smallest absolute Gasteiger partial charge is 0.127 e. The topological polar surface area (TPSA) is 47.1 Å². The van der Waals surface area contributed by atoms with Crippen molar-refractivity contribution in [3.8, 4) is 0 Å². The fourth-order valence-corrected chi connectivity index (χ4v) is 2.89. The number of hydrogen-bond donors (Lipinski definition) is 1. The predicted molar refractivity (Wildman–Crippen MR) is 81.1 cm³/mol. The van der Waals surface area contributed by atoms with Gasteiger partial charge in [-0.15, -0.1) is 0 Å². The second kappa shape index (κ2) is 7.06. The Morgan fingerprint density at radius 1 is 1.32 bits per heavy atom. The van der Waals surface area contributed by atoms with Crippen LogP contribution in [0, 0.1) is 0 Å². The average molecular weight is 266 g/mol. The van der Waals surface area contributed by atoms with E-state index in [1.165, 1.54) is 0 Å². The molecule has 1 rings (SSSR count). The third-order valence-corrected chi connectivity index (χ3v) is 4.36. The van der Waals surface area contributed by atoms with E-state index >= 15 is 0 Å². The fraction of sp³-hybridized carbons (Fsp3) is 0.800. The zero-order valence-electron chi connectivity index (χ0n) is 13.2. The molecule has 1 aromatic rings. The summed E-state index contributed by atoms with van der Waals surface area (Å²) in [7, 11) is 0. The number of aromatic nitrogens is 2. The Kier molecular flexibility index (Phi) is 6.01. The molecular formula is C15H30N4. The van der Waals surface area contributed by atoms with Crippen molar-refractivity contribution in [3.63, 3.8) is 0 Å². The Bertz CT molecular complexity index is 370. The molecule has 0 fully saturated rings. The van der Waals surface area contributed by atoms with Crippen LogP contribution in [-0.2, 0) is 6.54 Å². The number of nitrogens with two attached hydrogens (primary N) is 1. The lowest BCUT2D eigenvalue weighted by molar-refractivity contribution is 0.0802. The second-order valence-corrected chi connectivity index (χ2v) is 5.34. The molecule has 110 valence electrons. The van der Waals surface area contributed by atoms with Crippen molar-refractivity contribution in [2.24, 2.45) is 5.73 Å². The fourth-order valence-electron chi connectivity index (χ4n) is 2.89. The lowest BCUT2D eigenvalue weighted by Crippen LogP contribution is -2.53. The minimum Gasteiger partial charge on any atom is -0.334 e. The van der Waals surface area contributed by atoms with Crippen LogP contribution in [0.25, 0.3) is 0 Å². The Morgan fingerprint density at radius 3 is 2.42 bits per heavy atom. The Hall–Kier alpha value is -0.870. The maximum absolute atomic E-state index is 6.59. The highest BCUT2D eigenvalue weighted by Gasteiger charge is 2.37. The van der Waals surface area contributed by atoms with Gasteiger partial charge in [-0.25, -0.2) is 4.98 Å². The van der Waals surface area contributed by atoms with E-state index in [2.05, 4.69) is 49.1 Å². The summed E-state index contributed by atoms with van der Waals surface area (Å²) < 4.78 is 2.20. The number of hydrogen-bond acceptors (Lipinski definition) is 3. The molecule has 0 aliphatic heterocycles. The molecule has 4 heteroatoms. The molecule has 2 N–H and O–H groups in total. The predicted octanol–water partition coefficient (Wildman–Crippen LogP) is 2.80. The summed E-state index contributed by atoms with van der Waals surface area (Å²) in [5.41, 5.74) is 6.55. The molecule has 1 aromatic heterocycles. The van der Waals surface area contributed by atoms with E-state index in [9.17, 15) is 0 Å². The van der Waals surface area contributed by atoms with Gasteiger partial charge in [0.1, 0.15) is 5.82 Å². The highest BCUT2D eigenvalue weighted by atomic mass is 15.2. The van der Waals surface area contributed by atoms with Crippen LogP contribution in [0.15, 0.2) is 12.4 Å². The minimum atomic E-state index is -0.0565. The average Bonchev–Trinajstić information content (AvgIpc) is 2.87. The van der Waals surface area contributed by atoms with Crippen LogP contribution < -0.4 is 5.73 Å². The molecule has 4 nitrogen and oxygen atoms in total. The van der Waals surface area contributed by atoms with Crippen molar-refractivity contribution in [2.45, 2.75) is 65.6 Å². The summed E-state index contributed by atoms with van der Waals surface area (Å²) in [4.78, 5) is 6.96. The van der Waals surface area contributed by atoms with Crippen molar-refractivity contribution in [3.05, 3.63) is 18.2 Å². The molecule has 0 saturated heterocycles. The summed E-state index contributed by atoms with van der Waals surface area (Å²) in [6.07, 6.45) is 6.03. The Labute approximate surface area is 118 Å². The monoisotopic (exact) mass is 266 g/mol. The van der Waals surface area contributed by atoms with Gasteiger partial charge in [0, 0.05) is 24.5 Å². The molecule has 0 aliphatic carbocycles. The summed E-state index contributed by atoms with van der Waals surface area (Å²) in [6.45, 7) is 14.1. The standard InChI is InChI=1S/C15H30N4/c1-6-11-18-12-10-17-14(18)13(16)15(5,7-2)19(8-3)9-4/h10,12-13H,6-9,11,16H2,1-5H3. The summed E-state index contributed by atoms with van der Waals surface area (Å²) in [6, 6.07) is -0.0565. The molecule has 0 spiro atoms. The lowest BCUT2D eigenvalue weighted by atomic mass is 9.87. The molecule has 0 bridgehead atoms. The van der Waals surface area contributed by atoms with E-state index in [0.717, 1.165) is 38.3 Å². The number of likely N-dealkylation sites (N-methyl/N-ethyl adjacent to an activating group) is 1. The van der Waals surface area contributed by atoms with Crippen LogP contribution in [0.3, 0.4) is 0 Å². The molecule has 0 aliphatic rings. The van der Waals surface area contributed by atoms with Crippen molar-refractivity contribution in [2.75, 3.05) is 13.1 Å². The molecule has 0 amide bonds. The first-order chi connectivity index (χ1) is 9.04. The molecule has 2 unspecified atom stereocenters. The molecule has 19 heavy (non-hydrogen) atoms. The van der Waals surface area contributed by atoms with Gasteiger partial charge in [-0.05, 0) is 32.9 Å². The molecule has 0 saturated carbocycles. The first-order valence-electron chi connectivity index (χ1n) is 7.56. The molecule has 2 atom stereocenters. The van der Waals surface area contributed by atoms with Gasteiger partial charge in [-0.2, -0.15) is 0 Å². The van der Waals surface area contributed by atoms with Gasteiger partial charge in [0.05, 0.1) is 6.04 Å². The van der Waals surface area contributed by atoms with E-state index in [4.69, 9.17) is 5.73 Å². The van der Waals surface area contributed by atoms with Crippen LogP contribution in [0.5, 0.6) is 0 Å². The van der Waals surface area contributed by atoms with Crippen molar-refractivity contribution < 1.29 is 0 Å².